The molecule has 1 heterocycles. The normalized spacial score (nSPS) is 10.6. The summed E-state index contributed by atoms with van der Waals surface area (Å²) in [5.74, 6) is 2.11. The molecule has 0 radical (unpaired) electrons. The molecular formula is C24H24N4O2S. The van der Waals surface area contributed by atoms with Crippen molar-refractivity contribution < 1.29 is 9.47 Å². The van der Waals surface area contributed by atoms with Gasteiger partial charge in [0.05, 0.1) is 13.7 Å². The Bertz CT molecular complexity index is 1200. The molecule has 0 amide bonds. The Morgan fingerprint density at radius 1 is 1.00 bits per heavy atom. The van der Waals surface area contributed by atoms with E-state index < -0.39 is 0 Å². The maximum atomic E-state index is 6.18. The molecule has 0 aliphatic carbocycles. The summed E-state index contributed by atoms with van der Waals surface area (Å²) >= 11 is 5.42. The molecule has 2 N–H and O–H groups in total. The Hall–Kier alpha value is -3.58. The van der Waals surface area contributed by atoms with Gasteiger partial charge < -0.3 is 14.9 Å². The first-order chi connectivity index (χ1) is 15.2. The average Bonchev–Trinajstić information content (AvgIpc) is 3.18. The fourth-order valence-electron chi connectivity index (χ4n) is 3.25. The predicted molar refractivity (Wildman–Crippen MR) is 124 cm³/mol. The zero-order valence-corrected chi connectivity index (χ0v) is 18.3. The summed E-state index contributed by atoms with van der Waals surface area (Å²) < 4.78 is 14.0. The molecule has 7 heteroatoms. The Morgan fingerprint density at radius 2 is 1.77 bits per heavy atom. The summed E-state index contributed by atoms with van der Waals surface area (Å²) in [5, 5.41) is 7.22. The van der Waals surface area contributed by atoms with Gasteiger partial charge in [0.15, 0.2) is 17.3 Å². The van der Waals surface area contributed by atoms with Gasteiger partial charge in [-0.3, -0.25) is 0 Å². The highest BCUT2D eigenvalue weighted by atomic mass is 32.1. The molecular weight excluding hydrogens is 408 g/mol. The number of hydrogen-bond acceptors (Lipinski definition) is 5. The van der Waals surface area contributed by atoms with E-state index in [1.165, 1.54) is 5.56 Å². The lowest BCUT2D eigenvalue weighted by Gasteiger charge is -2.17. The van der Waals surface area contributed by atoms with Crippen LogP contribution < -0.4 is 14.9 Å². The van der Waals surface area contributed by atoms with Gasteiger partial charge in [-0.2, -0.15) is 5.10 Å². The van der Waals surface area contributed by atoms with Crippen LogP contribution in [-0.2, 0) is 13.2 Å². The van der Waals surface area contributed by atoms with Gasteiger partial charge in [0.2, 0.25) is 4.77 Å². The Kier molecular flexibility index (Phi) is 6.33. The third-order valence-electron chi connectivity index (χ3n) is 4.92. The van der Waals surface area contributed by atoms with Crippen LogP contribution in [0.15, 0.2) is 72.8 Å². The smallest absolute Gasteiger partial charge is 0.214 e. The van der Waals surface area contributed by atoms with Gasteiger partial charge in [0, 0.05) is 11.1 Å². The van der Waals surface area contributed by atoms with E-state index in [4.69, 9.17) is 21.7 Å². The number of aromatic amines is 1. The van der Waals surface area contributed by atoms with Crippen molar-refractivity contribution in [2.75, 3.05) is 12.5 Å². The van der Waals surface area contributed by atoms with Crippen LogP contribution in [0, 0.1) is 11.7 Å². The molecule has 0 saturated heterocycles. The standard InChI is InChI=1S/C24H24N4O2S/c1-17-11-13-18(14-12-17)16-30-22-20(9-6-10-21(22)29-2)15-25-28-23(26-27-24(28)31)19-7-4-3-5-8-19/h3-14,25H,15-16H2,1-2H3,(H,27,31). The van der Waals surface area contributed by atoms with E-state index in [1.807, 2.05) is 48.5 Å². The molecule has 0 bridgehead atoms. The van der Waals surface area contributed by atoms with Gasteiger partial charge in [-0.1, -0.05) is 72.3 Å². The molecule has 0 fully saturated rings. The van der Waals surface area contributed by atoms with Crippen molar-refractivity contribution in [1.82, 2.24) is 14.9 Å². The third-order valence-corrected chi connectivity index (χ3v) is 5.19. The maximum Gasteiger partial charge on any atom is 0.214 e. The van der Waals surface area contributed by atoms with Gasteiger partial charge in [0.25, 0.3) is 0 Å². The van der Waals surface area contributed by atoms with E-state index in [-0.39, 0.29) is 0 Å². The number of hydrogen-bond donors (Lipinski definition) is 2. The highest BCUT2D eigenvalue weighted by Gasteiger charge is 2.13. The summed E-state index contributed by atoms with van der Waals surface area (Å²) in [6, 6.07) is 24.0. The molecule has 31 heavy (non-hydrogen) atoms. The zero-order valence-electron chi connectivity index (χ0n) is 17.5. The third kappa shape index (κ3) is 4.78. The molecule has 0 aliphatic rings. The lowest BCUT2D eigenvalue weighted by molar-refractivity contribution is 0.281. The number of ether oxygens (including phenoxy) is 2. The average molecular weight is 433 g/mol. The molecule has 0 unspecified atom stereocenters. The lowest BCUT2D eigenvalue weighted by Crippen LogP contribution is -2.16. The first-order valence-corrected chi connectivity index (χ1v) is 10.4. The fourth-order valence-corrected chi connectivity index (χ4v) is 3.45. The van der Waals surface area contributed by atoms with Crippen molar-refractivity contribution in [2.45, 2.75) is 20.1 Å². The Morgan fingerprint density at radius 3 is 2.52 bits per heavy atom. The number of aromatic nitrogens is 3. The Balaban J connectivity index is 1.56. The first-order valence-electron chi connectivity index (χ1n) is 9.96. The van der Waals surface area contributed by atoms with Crippen molar-refractivity contribution in [3.05, 3.63) is 94.3 Å². The Labute approximate surface area is 186 Å². The number of rotatable bonds is 8. The topological polar surface area (TPSA) is 64.1 Å². The summed E-state index contributed by atoms with van der Waals surface area (Å²) in [5.41, 5.74) is 7.59. The minimum absolute atomic E-state index is 0.452. The summed E-state index contributed by atoms with van der Waals surface area (Å²) in [6.45, 7) is 3.00. The van der Waals surface area contributed by atoms with Gasteiger partial charge >= 0.3 is 0 Å². The van der Waals surface area contributed by atoms with Gasteiger partial charge in [-0.05, 0) is 30.8 Å². The summed E-state index contributed by atoms with van der Waals surface area (Å²) in [4.78, 5) is 0. The highest BCUT2D eigenvalue weighted by Crippen LogP contribution is 2.32. The van der Waals surface area contributed by atoms with Crippen molar-refractivity contribution in [3.8, 4) is 22.9 Å². The maximum absolute atomic E-state index is 6.18. The molecule has 4 rings (SSSR count). The quantitative estimate of drug-likeness (QED) is 0.373. The van der Waals surface area contributed by atoms with Crippen molar-refractivity contribution >= 4 is 12.2 Å². The molecule has 0 aliphatic heterocycles. The molecule has 0 saturated carbocycles. The largest absolute Gasteiger partial charge is 0.493 e. The van der Waals surface area contributed by atoms with Crippen molar-refractivity contribution in [2.24, 2.45) is 0 Å². The molecule has 158 valence electrons. The van der Waals surface area contributed by atoms with Crippen LogP contribution in [0.2, 0.25) is 0 Å². The van der Waals surface area contributed by atoms with Crippen LogP contribution in [0.5, 0.6) is 11.5 Å². The number of methoxy groups -OCH3 is 1. The lowest BCUT2D eigenvalue weighted by atomic mass is 10.1. The second-order valence-electron chi connectivity index (χ2n) is 7.11. The SMILES string of the molecule is COc1cccc(CNn2c(-c3ccccc3)n[nH]c2=S)c1OCc1ccc(C)cc1. The van der Waals surface area contributed by atoms with E-state index in [1.54, 1.807) is 11.8 Å². The van der Waals surface area contributed by atoms with E-state index in [0.29, 0.717) is 29.4 Å². The molecule has 0 atom stereocenters. The molecule has 6 nitrogen and oxygen atoms in total. The number of benzene rings is 3. The van der Waals surface area contributed by atoms with Gasteiger partial charge in [0.1, 0.15) is 6.61 Å². The molecule has 1 aromatic heterocycles. The van der Waals surface area contributed by atoms with Crippen molar-refractivity contribution in [3.63, 3.8) is 0 Å². The monoisotopic (exact) mass is 432 g/mol. The van der Waals surface area contributed by atoms with Crippen LogP contribution in [0.3, 0.4) is 0 Å². The molecule has 4 aromatic rings. The zero-order chi connectivity index (χ0) is 21.6. The highest BCUT2D eigenvalue weighted by molar-refractivity contribution is 7.71. The van der Waals surface area contributed by atoms with Crippen LogP contribution in [0.1, 0.15) is 16.7 Å². The minimum atomic E-state index is 0.452. The van der Waals surface area contributed by atoms with Gasteiger partial charge in [-0.25, -0.2) is 9.77 Å². The van der Waals surface area contributed by atoms with Crippen LogP contribution in [0.25, 0.3) is 11.4 Å². The van der Waals surface area contributed by atoms with Crippen LogP contribution >= 0.6 is 12.2 Å². The minimum Gasteiger partial charge on any atom is -0.493 e. The number of aryl methyl sites for hydroxylation is 1. The van der Waals surface area contributed by atoms with Crippen LogP contribution in [-0.4, -0.2) is 22.0 Å². The number of para-hydroxylation sites is 1. The second kappa shape index (κ2) is 9.49. The van der Waals surface area contributed by atoms with Gasteiger partial charge in [-0.15, -0.1) is 0 Å². The van der Waals surface area contributed by atoms with Crippen molar-refractivity contribution in [1.29, 1.82) is 0 Å². The van der Waals surface area contributed by atoms with Crippen LogP contribution in [0.4, 0.5) is 0 Å². The van der Waals surface area contributed by atoms with E-state index in [0.717, 1.165) is 22.5 Å². The molecule has 3 aromatic carbocycles. The second-order valence-corrected chi connectivity index (χ2v) is 7.50. The summed E-state index contributed by atoms with van der Waals surface area (Å²) in [6.07, 6.45) is 0. The van der Waals surface area contributed by atoms with E-state index in [2.05, 4.69) is 46.8 Å². The first kappa shape index (κ1) is 20.7. The number of nitrogens with one attached hydrogen (secondary N) is 2. The molecule has 0 spiro atoms. The summed E-state index contributed by atoms with van der Waals surface area (Å²) in [7, 11) is 1.64. The number of H-pyrrole nitrogens is 1. The van der Waals surface area contributed by atoms with E-state index >= 15 is 0 Å². The fraction of sp³-hybridized carbons (Fsp3) is 0.167. The van der Waals surface area contributed by atoms with E-state index in [9.17, 15) is 0 Å². The predicted octanol–water partition coefficient (Wildman–Crippen LogP) is 5.25. The number of nitrogens with zero attached hydrogens (tertiary/aromatic N) is 2.